The van der Waals surface area contributed by atoms with E-state index in [1.54, 1.807) is 0 Å². The zero-order chi connectivity index (χ0) is 16.1. The van der Waals surface area contributed by atoms with Crippen molar-refractivity contribution in [2.75, 3.05) is 11.9 Å². The van der Waals surface area contributed by atoms with E-state index >= 15 is 0 Å². The number of anilines is 1. The smallest absolute Gasteiger partial charge is 0.173 e. The molecule has 22 heavy (non-hydrogen) atoms. The lowest BCUT2D eigenvalue weighted by Gasteiger charge is -2.39. The van der Waals surface area contributed by atoms with Gasteiger partial charge in [-0.3, -0.25) is 0 Å². The maximum Gasteiger partial charge on any atom is 0.173 e. The summed E-state index contributed by atoms with van der Waals surface area (Å²) in [5.74, 6) is 0. The van der Waals surface area contributed by atoms with Crippen LogP contribution in [0.1, 0.15) is 51.2 Å². The fourth-order valence-corrected chi connectivity index (χ4v) is 5.16. The standard InChI is InChI=1S/C19H28N2S/c1-13-6-7-16(14(2)8-13)20-17(22)21-12-19(5)10-15(21)9-18(3,4)11-19/h6-8,15H,9-12H2,1-5H3,(H,20,22). The number of likely N-dealkylation sites (tertiary alicyclic amines) is 1. The van der Waals surface area contributed by atoms with Crippen LogP contribution in [-0.4, -0.2) is 22.6 Å². The van der Waals surface area contributed by atoms with Crippen molar-refractivity contribution in [3.8, 4) is 0 Å². The van der Waals surface area contributed by atoms with Gasteiger partial charge in [-0.25, -0.2) is 0 Å². The topological polar surface area (TPSA) is 15.3 Å². The van der Waals surface area contributed by atoms with Crippen LogP contribution in [0.3, 0.4) is 0 Å². The Morgan fingerprint density at radius 3 is 2.64 bits per heavy atom. The molecular formula is C19H28N2S. The second kappa shape index (κ2) is 5.23. The minimum Gasteiger partial charge on any atom is -0.345 e. The lowest BCUT2D eigenvalue weighted by molar-refractivity contribution is 0.132. The SMILES string of the molecule is Cc1ccc(NC(=S)N2CC3(C)CC2CC(C)(C)C3)c(C)c1. The van der Waals surface area contributed by atoms with Crippen LogP contribution < -0.4 is 5.32 Å². The molecule has 1 heterocycles. The highest BCUT2D eigenvalue weighted by atomic mass is 32.1. The average Bonchev–Trinajstić information content (AvgIpc) is 2.62. The van der Waals surface area contributed by atoms with E-state index in [2.05, 4.69) is 63.0 Å². The molecule has 1 saturated carbocycles. The summed E-state index contributed by atoms with van der Waals surface area (Å²) in [5.41, 5.74) is 4.54. The number of nitrogens with zero attached hydrogens (tertiary/aromatic N) is 1. The molecule has 0 radical (unpaired) electrons. The Bertz CT molecular complexity index is 607. The summed E-state index contributed by atoms with van der Waals surface area (Å²) < 4.78 is 0. The molecule has 0 aromatic heterocycles. The van der Waals surface area contributed by atoms with Crippen LogP contribution in [0.5, 0.6) is 0 Å². The minimum absolute atomic E-state index is 0.417. The van der Waals surface area contributed by atoms with Gasteiger partial charge in [0, 0.05) is 18.3 Å². The van der Waals surface area contributed by atoms with Gasteiger partial charge in [-0.1, -0.05) is 38.5 Å². The van der Waals surface area contributed by atoms with Gasteiger partial charge in [0.25, 0.3) is 0 Å². The van der Waals surface area contributed by atoms with Crippen molar-refractivity contribution in [1.29, 1.82) is 0 Å². The first-order valence-corrected chi connectivity index (χ1v) is 8.73. The number of aryl methyl sites for hydroxylation is 2. The Balaban J connectivity index is 1.76. The van der Waals surface area contributed by atoms with Crippen LogP contribution in [0, 0.1) is 24.7 Å². The molecule has 2 atom stereocenters. The van der Waals surface area contributed by atoms with Crippen molar-refractivity contribution in [3.05, 3.63) is 29.3 Å². The molecule has 1 aromatic rings. The highest BCUT2D eigenvalue weighted by molar-refractivity contribution is 7.80. The molecule has 2 unspecified atom stereocenters. The zero-order valence-electron chi connectivity index (χ0n) is 14.5. The molecule has 1 aromatic carbocycles. The molecule has 1 aliphatic heterocycles. The number of rotatable bonds is 1. The second-order valence-corrected chi connectivity index (χ2v) is 8.98. The molecule has 2 aliphatic rings. The molecule has 1 N–H and O–H groups in total. The minimum atomic E-state index is 0.417. The molecule has 2 nitrogen and oxygen atoms in total. The average molecular weight is 317 g/mol. The van der Waals surface area contributed by atoms with E-state index in [0.29, 0.717) is 16.9 Å². The summed E-state index contributed by atoms with van der Waals surface area (Å²) in [7, 11) is 0. The van der Waals surface area contributed by atoms with Crippen LogP contribution in [0.15, 0.2) is 18.2 Å². The Kier molecular flexibility index (Phi) is 3.75. The van der Waals surface area contributed by atoms with Gasteiger partial charge in [-0.15, -0.1) is 0 Å². The van der Waals surface area contributed by atoms with Gasteiger partial charge in [0.15, 0.2) is 5.11 Å². The number of fused-ring (bicyclic) bond motifs is 2. The van der Waals surface area contributed by atoms with Crippen LogP contribution in [-0.2, 0) is 0 Å². The molecule has 3 heteroatoms. The van der Waals surface area contributed by atoms with E-state index in [1.165, 1.54) is 30.4 Å². The maximum atomic E-state index is 5.75. The summed E-state index contributed by atoms with van der Waals surface area (Å²) in [5, 5.41) is 4.40. The summed E-state index contributed by atoms with van der Waals surface area (Å²) in [6.07, 6.45) is 3.83. The summed E-state index contributed by atoms with van der Waals surface area (Å²) in [4.78, 5) is 2.45. The third kappa shape index (κ3) is 3.01. The van der Waals surface area contributed by atoms with Gasteiger partial charge in [0.2, 0.25) is 0 Å². The van der Waals surface area contributed by atoms with Gasteiger partial charge in [-0.2, -0.15) is 0 Å². The first kappa shape index (κ1) is 15.8. The number of hydrogen-bond acceptors (Lipinski definition) is 1. The molecule has 0 amide bonds. The fraction of sp³-hybridized carbons (Fsp3) is 0.632. The van der Waals surface area contributed by atoms with Crippen LogP contribution >= 0.6 is 12.2 Å². The molecule has 2 fully saturated rings. The Labute approximate surface area is 140 Å². The first-order valence-electron chi connectivity index (χ1n) is 8.32. The fourth-order valence-electron chi connectivity index (χ4n) is 4.84. The Hall–Kier alpha value is -1.09. The highest BCUT2D eigenvalue weighted by Gasteiger charge is 2.50. The lowest BCUT2D eigenvalue weighted by atomic mass is 9.65. The molecule has 3 rings (SSSR count). The lowest BCUT2D eigenvalue weighted by Crippen LogP contribution is -2.40. The maximum absolute atomic E-state index is 5.75. The van der Waals surface area contributed by atoms with Crippen molar-refractivity contribution in [2.24, 2.45) is 10.8 Å². The van der Waals surface area contributed by atoms with Gasteiger partial charge < -0.3 is 10.2 Å². The van der Waals surface area contributed by atoms with Gasteiger partial charge in [0.1, 0.15) is 0 Å². The van der Waals surface area contributed by atoms with Crippen molar-refractivity contribution in [2.45, 2.75) is 59.9 Å². The van der Waals surface area contributed by atoms with Crippen LogP contribution in [0.25, 0.3) is 0 Å². The van der Waals surface area contributed by atoms with Crippen molar-refractivity contribution < 1.29 is 0 Å². The monoisotopic (exact) mass is 316 g/mol. The van der Waals surface area contributed by atoms with Gasteiger partial charge >= 0.3 is 0 Å². The predicted molar refractivity (Wildman–Crippen MR) is 98.4 cm³/mol. The predicted octanol–water partition coefficient (Wildman–Crippen LogP) is 4.90. The molecule has 120 valence electrons. The second-order valence-electron chi connectivity index (χ2n) is 8.59. The molecule has 0 spiro atoms. The number of benzene rings is 1. The van der Waals surface area contributed by atoms with Gasteiger partial charge in [-0.05, 0) is 67.8 Å². The van der Waals surface area contributed by atoms with Crippen LogP contribution in [0.2, 0.25) is 0 Å². The van der Waals surface area contributed by atoms with E-state index in [-0.39, 0.29) is 0 Å². The highest BCUT2D eigenvalue weighted by Crippen LogP contribution is 2.52. The van der Waals surface area contributed by atoms with Crippen molar-refractivity contribution >= 4 is 23.0 Å². The van der Waals surface area contributed by atoms with Gasteiger partial charge in [0.05, 0.1) is 0 Å². The Morgan fingerprint density at radius 2 is 1.95 bits per heavy atom. The summed E-state index contributed by atoms with van der Waals surface area (Å²) in [6, 6.07) is 7.09. The number of hydrogen-bond donors (Lipinski definition) is 1. The largest absolute Gasteiger partial charge is 0.345 e. The number of thiocarbonyl (C=S) groups is 1. The normalized spacial score (nSPS) is 29.5. The molecule has 1 aliphatic carbocycles. The zero-order valence-corrected chi connectivity index (χ0v) is 15.3. The van der Waals surface area contributed by atoms with Crippen molar-refractivity contribution in [1.82, 2.24) is 4.90 Å². The van der Waals surface area contributed by atoms with E-state index in [1.807, 2.05) is 0 Å². The van der Waals surface area contributed by atoms with E-state index in [9.17, 15) is 0 Å². The summed E-state index contributed by atoms with van der Waals surface area (Å²) >= 11 is 5.75. The van der Waals surface area contributed by atoms with E-state index < -0.39 is 0 Å². The molecule has 2 bridgehead atoms. The Morgan fingerprint density at radius 1 is 1.23 bits per heavy atom. The number of nitrogens with one attached hydrogen (secondary N) is 1. The quantitative estimate of drug-likeness (QED) is 0.742. The van der Waals surface area contributed by atoms with Crippen molar-refractivity contribution in [3.63, 3.8) is 0 Å². The first-order chi connectivity index (χ1) is 10.2. The van der Waals surface area contributed by atoms with E-state index in [4.69, 9.17) is 12.2 Å². The third-order valence-electron chi connectivity index (χ3n) is 5.30. The summed E-state index contributed by atoms with van der Waals surface area (Å²) in [6.45, 7) is 12.6. The molecule has 1 saturated heterocycles. The molecular weight excluding hydrogens is 288 g/mol. The van der Waals surface area contributed by atoms with E-state index in [0.717, 1.165) is 17.3 Å². The third-order valence-corrected chi connectivity index (χ3v) is 5.64. The van der Waals surface area contributed by atoms with Crippen LogP contribution in [0.4, 0.5) is 5.69 Å².